The Morgan fingerprint density at radius 3 is 2.37 bits per heavy atom. The minimum Gasteiger partial charge on any atom is -0.277 e. The van der Waals surface area contributed by atoms with E-state index in [1.165, 1.54) is 17.5 Å². The predicted octanol–water partition coefficient (Wildman–Crippen LogP) is 5.05. The molecule has 1 aliphatic rings. The summed E-state index contributed by atoms with van der Waals surface area (Å²) >= 11 is 13.0. The van der Waals surface area contributed by atoms with Crippen LogP contribution in [0.1, 0.15) is 31.4 Å². The highest BCUT2D eigenvalue weighted by atomic mass is 35.5. The van der Waals surface area contributed by atoms with E-state index in [4.69, 9.17) is 23.2 Å². The number of nitrogens with zero attached hydrogens (tertiary/aromatic N) is 1. The average Bonchev–Trinajstić information content (AvgIpc) is 2.41. The van der Waals surface area contributed by atoms with Gasteiger partial charge in [0.05, 0.1) is 18.0 Å². The number of aryl methyl sites for hydroxylation is 1. The fraction of sp³-hybridized carbons (Fsp3) is 0.357. The molecule has 0 N–H and O–H groups in total. The van der Waals surface area contributed by atoms with Gasteiger partial charge >= 0.3 is 0 Å². The lowest BCUT2D eigenvalue weighted by Gasteiger charge is -2.25. The molecule has 0 radical (unpaired) electrons. The Kier molecular flexibility index (Phi) is 6.76. The number of amides is 1. The molecule has 0 atom stereocenters. The van der Waals surface area contributed by atoms with E-state index in [9.17, 15) is 4.79 Å². The Hall–Kier alpha value is -0.640. The molecule has 1 aromatic rings. The van der Waals surface area contributed by atoms with Gasteiger partial charge in [-0.2, -0.15) is 0 Å². The second-order valence-corrected chi connectivity index (χ2v) is 5.95. The molecule has 0 bridgehead atoms. The fourth-order valence-corrected chi connectivity index (χ4v) is 2.75. The number of hydrogen-bond acceptors (Lipinski definition) is 2. The Bertz CT molecular complexity index is 471. The number of carbonyl (C=O) groups excluding carboxylic acids is 1. The lowest BCUT2D eigenvalue weighted by atomic mass is 10.1. The van der Waals surface area contributed by atoms with Gasteiger partial charge in [-0.05, 0) is 12.5 Å². The van der Waals surface area contributed by atoms with Gasteiger partial charge < -0.3 is 0 Å². The van der Waals surface area contributed by atoms with Crippen LogP contribution in [0, 0.1) is 6.92 Å². The van der Waals surface area contributed by atoms with Crippen LogP contribution in [0.2, 0.25) is 0 Å². The lowest BCUT2D eigenvalue weighted by molar-refractivity contribution is -0.125. The summed E-state index contributed by atoms with van der Waals surface area (Å²) in [5, 5.41) is 0.432. The first-order chi connectivity index (χ1) is 9.06. The van der Waals surface area contributed by atoms with Crippen molar-refractivity contribution in [3.8, 4) is 0 Å². The van der Waals surface area contributed by atoms with Gasteiger partial charge in [-0.1, -0.05) is 66.9 Å². The minimum absolute atomic E-state index is 0.00928. The van der Waals surface area contributed by atoms with Gasteiger partial charge in [0.15, 0.2) is 0 Å². The monoisotopic (exact) mass is 317 g/mol. The van der Waals surface area contributed by atoms with Gasteiger partial charge in [-0.25, -0.2) is 0 Å². The van der Waals surface area contributed by atoms with Gasteiger partial charge in [0, 0.05) is 11.9 Å². The summed E-state index contributed by atoms with van der Waals surface area (Å²) in [6.07, 6.45) is 0.194. The number of carbonyl (C=O) groups is 1. The molecule has 5 heteroatoms. The fourth-order valence-electron chi connectivity index (χ4n) is 1.47. The van der Waals surface area contributed by atoms with Crippen LogP contribution in [-0.2, 0) is 11.3 Å². The lowest BCUT2D eigenvalue weighted by Crippen LogP contribution is -2.26. The van der Waals surface area contributed by atoms with Crippen molar-refractivity contribution in [2.75, 3.05) is 0 Å². The maximum absolute atomic E-state index is 11.7. The highest BCUT2D eigenvalue weighted by Gasteiger charge is 2.24. The first-order valence-electron chi connectivity index (χ1n) is 6.14. The van der Waals surface area contributed by atoms with Crippen molar-refractivity contribution in [3.05, 3.63) is 44.8 Å². The zero-order valence-corrected chi connectivity index (χ0v) is 13.6. The normalized spacial score (nSPS) is 15.2. The Morgan fingerprint density at radius 1 is 1.21 bits per heavy atom. The molecule has 1 heterocycles. The summed E-state index contributed by atoms with van der Waals surface area (Å²) in [5.74, 6) is -0.00928. The van der Waals surface area contributed by atoms with Gasteiger partial charge in [-0.15, -0.1) is 0 Å². The molecule has 0 aliphatic carbocycles. The maximum atomic E-state index is 11.7. The zero-order valence-electron chi connectivity index (χ0n) is 11.2. The van der Waals surface area contributed by atoms with Crippen LogP contribution in [0.15, 0.2) is 33.7 Å². The number of rotatable bonds is 2. The summed E-state index contributed by atoms with van der Waals surface area (Å²) < 4.78 is 2.12. The van der Waals surface area contributed by atoms with Crippen molar-refractivity contribution in [2.24, 2.45) is 0 Å². The van der Waals surface area contributed by atoms with E-state index in [-0.39, 0.29) is 12.3 Å². The van der Waals surface area contributed by atoms with Crippen LogP contribution in [0.5, 0.6) is 0 Å². The SMILES string of the molecule is CC.Cc1ccc(CN2SC(Cl)=C(Cl)CC2=O)cc1. The van der Waals surface area contributed by atoms with Crippen molar-refractivity contribution in [1.82, 2.24) is 4.31 Å². The smallest absolute Gasteiger partial charge is 0.238 e. The molecule has 2 rings (SSSR count). The van der Waals surface area contributed by atoms with Crippen LogP contribution < -0.4 is 0 Å². The van der Waals surface area contributed by atoms with E-state index in [0.717, 1.165) is 5.56 Å². The summed E-state index contributed by atoms with van der Waals surface area (Å²) in [7, 11) is 0. The van der Waals surface area contributed by atoms with E-state index < -0.39 is 0 Å². The number of hydrogen-bond donors (Lipinski definition) is 0. The average molecular weight is 318 g/mol. The van der Waals surface area contributed by atoms with E-state index in [0.29, 0.717) is 15.9 Å². The standard InChI is InChI=1S/C12H11Cl2NOS.C2H6/c1-8-2-4-9(5-3-8)7-15-11(16)6-10(13)12(14)17-15;1-2/h2-5H,6-7H2,1H3;1-2H3. The third kappa shape index (κ3) is 4.75. The van der Waals surface area contributed by atoms with Crippen LogP contribution in [0.3, 0.4) is 0 Å². The van der Waals surface area contributed by atoms with Gasteiger partial charge in [-0.3, -0.25) is 9.10 Å². The molecular weight excluding hydrogens is 301 g/mol. The molecule has 0 aromatic heterocycles. The third-order valence-electron chi connectivity index (χ3n) is 2.43. The number of halogens is 2. The van der Waals surface area contributed by atoms with Gasteiger partial charge in [0.1, 0.15) is 4.36 Å². The topological polar surface area (TPSA) is 20.3 Å². The molecule has 2 nitrogen and oxygen atoms in total. The van der Waals surface area contributed by atoms with Crippen LogP contribution in [0.25, 0.3) is 0 Å². The number of benzene rings is 1. The van der Waals surface area contributed by atoms with Crippen LogP contribution >= 0.6 is 35.1 Å². The zero-order chi connectivity index (χ0) is 14.4. The molecule has 1 aliphatic heterocycles. The summed E-state index contributed by atoms with van der Waals surface area (Å²) in [6.45, 7) is 6.58. The van der Waals surface area contributed by atoms with E-state index >= 15 is 0 Å². The molecule has 0 spiro atoms. The molecule has 0 saturated carbocycles. The second-order valence-electron chi connectivity index (χ2n) is 3.86. The molecule has 0 fully saturated rings. The van der Waals surface area contributed by atoms with Crippen LogP contribution in [-0.4, -0.2) is 10.2 Å². The Morgan fingerprint density at radius 2 is 1.79 bits per heavy atom. The van der Waals surface area contributed by atoms with E-state index in [2.05, 4.69) is 0 Å². The van der Waals surface area contributed by atoms with Crippen molar-refractivity contribution >= 4 is 41.1 Å². The van der Waals surface area contributed by atoms with Crippen LogP contribution in [0.4, 0.5) is 0 Å². The highest BCUT2D eigenvalue weighted by molar-refractivity contribution is 8.03. The maximum Gasteiger partial charge on any atom is 0.238 e. The summed E-state index contributed by atoms with van der Waals surface area (Å²) in [6, 6.07) is 8.08. The van der Waals surface area contributed by atoms with Crippen molar-refractivity contribution < 1.29 is 4.79 Å². The molecule has 19 heavy (non-hydrogen) atoms. The van der Waals surface area contributed by atoms with E-state index in [1.54, 1.807) is 4.31 Å². The molecule has 104 valence electrons. The first-order valence-corrected chi connectivity index (χ1v) is 7.67. The predicted molar refractivity (Wildman–Crippen MR) is 84.0 cm³/mol. The molecule has 1 aromatic carbocycles. The molecular formula is C14H17Cl2NOS. The molecule has 0 saturated heterocycles. The Balaban J connectivity index is 0.000000861. The summed E-state index contributed by atoms with van der Waals surface area (Å²) in [4.78, 5) is 11.7. The van der Waals surface area contributed by atoms with Crippen molar-refractivity contribution in [2.45, 2.75) is 33.7 Å². The minimum atomic E-state index is -0.00928. The quantitative estimate of drug-likeness (QED) is 0.711. The van der Waals surface area contributed by atoms with E-state index in [1.807, 2.05) is 45.0 Å². The second kappa shape index (κ2) is 7.83. The van der Waals surface area contributed by atoms with Gasteiger partial charge in [0.25, 0.3) is 0 Å². The van der Waals surface area contributed by atoms with Gasteiger partial charge in [0.2, 0.25) is 5.91 Å². The largest absolute Gasteiger partial charge is 0.277 e. The summed E-state index contributed by atoms with van der Waals surface area (Å²) in [5.41, 5.74) is 2.28. The first kappa shape index (κ1) is 16.4. The highest BCUT2D eigenvalue weighted by Crippen LogP contribution is 2.37. The van der Waals surface area contributed by atoms with Crippen molar-refractivity contribution in [1.29, 1.82) is 0 Å². The third-order valence-corrected chi connectivity index (χ3v) is 4.36. The van der Waals surface area contributed by atoms with Crippen molar-refractivity contribution in [3.63, 3.8) is 0 Å². The molecule has 0 unspecified atom stereocenters. The molecule has 1 amide bonds. The Labute approximate surface area is 128 Å².